The molecule has 1 aromatic rings. The Hall–Kier alpha value is -1.25. The Morgan fingerprint density at radius 1 is 1.43 bits per heavy atom. The average Bonchev–Trinajstić information content (AvgIpc) is 2.15. The van der Waals surface area contributed by atoms with Crippen molar-refractivity contribution in [3.8, 4) is 0 Å². The number of nitrogens with one attached hydrogen (secondary N) is 1. The zero-order valence-corrected chi connectivity index (χ0v) is 9.41. The van der Waals surface area contributed by atoms with Crippen LogP contribution in [0.25, 0.3) is 0 Å². The lowest BCUT2D eigenvalue weighted by molar-refractivity contribution is 0.688. The molecule has 0 bridgehead atoms. The van der Waals surface area contributed by atoms with Crippen LogP contribution in [-0.2, 0) is 0 Å². The molecule has 3 nitrogen and oxygen atoms in total. The lowest BCUT2D eigenvalue weighted by atomic mass is 10.2. The number of hydrogen-bond donors (Lipinski definition) is 1. The third-order valence-corrected chi connectivity index (χ3v) is 1.98. The minimum absolute atomic E-state index is 0.644. The third-order valence-electron chi connectivity index (χ3n) is 1.98. The molecule has 0 fully saturated rings. The predicted molar refractivity (Wildman–Crippen MR) is 61.9 cm³/mol. The maximum Gasteiger partial charge on any atom is 0.0764 e. The van der Waals surface area contributed by atoms with Crippen molar-refractivity contribution in [2.45, 2.75) is 13.8 Å². The zero-order valence-electron chi connectivity index (χ0n) is 9.41. The second-order valence-electron chi connectivity index (χ2n) is 4.06. The predicted octanol–water partition coefficient (Wildman–Crippen LogP) is 2.22. The summed E-state index contributed by atoms with van der Waals surface area (Å²) in [6.07, 6.45) is 3.69. The molecule has 0 atom stereocenters. The SMILES string of the molecule is CC(C)CNc1cnccc1N(C)C. The van der Waals surface area contributed by atoms with Crippen LogP contribution in [0.5, 0.6) is 0 Å². The van der Waals surface area contributed by atoms with E-state index >= 15 is 0 Å². The highest BCUT2D eigenvalue weighted by Gasteiger charge is 2.03. The van der Waals surface area contributed by atoms with Gasteiger partial charge in [-0.1, -0.05) is 13.8 Å². The van der Waals surface area contributed by atoms with E-state index in [2.05, 4.69) is 29.0 Å². The highest BCUT2D eigenvalue weighted by Crippen LogP contribution is 2.22. The topological polar surface area (TPSA) is 28.2 Å². The fraction of sp³-hybridized carbons (Fsp3) is 0.545. The number of aromatic nitrogens is 1. The number of anilines is 2. The minimum atomic E-state index is 0.644. The molecule has 1 rings (SSSR count). The van der Waals surface area contributed by atoms with Crippen molar-refractivity contribution >= 4 is 11.4 Å². The molecule has 78 valence electrons. The van der Waals surface area contributed by atoms with Gasteiger partial charge in [0.1, 0.15) is 0 Å². The highest BCUT2D eigenvalue weighted by atomic mass is 15.1. The largest absolute Gasteiger partial charge is 0.382 e. The van der Waals surface area contributed by atoms with Crippen LogP contribution in [0.2, 0.25) is 0 Å². The first-order valence-corrected chi connectivity index (χ1v) is 4.96. The van der Waals surface area contributed by atoms with Crippen molar-refractivity contribution in [1.29, 1.82) is 0 Å². The molecule has 1 aromatic heterocycles. The van der Waals surface area contributed by atoms with E-state index < -0.39 is 0 Å². The Kier molecular flexibility index (Phi) is 3.74. The van der Waals surface area contributed by atoms with Crippen molar-refractivity contribution in [3.05, 3.63) is 18.5 Å². The Bertz CT molecular complexity index is 282. The normalized spacial score (nSPS) is 10.4. The monoisotopic (exact) mass is 193 g/mol. The third kappa shape index (κ3) is 2.91. The van der Waals surface area contributed by atoms with Gasteiger partial charge in [0.25, 0.3) is 0 Å². The quantitative estimate of drug-likeness (QED) is 0.794. The van der Waals surface area contributed by atoms with Crippen LogP contribution in [0, 0.1) is 5.92 Å². The molecule has 0 spiro atoms. The van der Waals surface area contributed by atoms with Crippen LogP contribution in [0.15, 0.2) is 18.5 Å². The van der Waals surface area contributed by atoms with Gasteiger partial charge in [-0.05, 0) is 12.0 Å². The van der Waals surface area contributed by atoms with Crippen LogP contribution < -0.4 is 10.2 Å². The van der Waals surface area contributed by atoms with E-state index in [1.807, 2.05) is 32.6 Å². The maximum atomic E-state index is 4.12. The van der Waals surface area contributed by atoms with E-state index in [0.29, 0.717) is 5.92 Å². The van der Waals surface area contributed by atoms with Crippen molar-refractivity contribution in [2.75, 3.05) is 30.9 Å². The fourth-order valence-corrected chi connectivity index (χ4v) is 1.23. The molecule has 0 aliphatic carbocycles. The van der Waals surface area contributed by atoms with E-state index in [0.717, 1.165) is 12.2 Å². The number of rotatable bonds is 4. The number of nitrogens with zero attached hydrogens (tertiary/aromatic N) is 2. The van der Waals surface area contributed by atoms with Crippen LogP contribution in [0.1, 0.15) is 13.8 Å². The van der Waals surface area contributed by atoms with Gasteiger partial charge in [-0.2, -0.15) is 0 Å². The van der Waals surface area contributed by atoms with E-state index in [1.165, 1.54) is 5.69 Å². The molecule has 0 unspecified atom stereocenters. The van der Waals surface area contributed by atoms with Crippen LogP contribution in [-0.4, -0.2) is 25.6 Å². The molecule has 0 saturated carbocycles. The molecular weight excluding hydrogens is 174 g/mol. The van der Waals surface area contributed by atoms with Crippen molar-refractivity contribution < 1.29 is 0 Å². The van der Waals surface area contributed by atoms with Gasteiger partial charge in [0.15, 0.2) is 0 Å². The maximum absolute atomic E-state index is 4.12. The summed E-state index contributed by atoms with van der Waals surface area (Å²) in [6.45, 7) is 5.37. The molecule has 0 saturated heterocycles. The van der Waals surface area contributed by atoms with Gasteiger partial charge in [0.05, 0.1) is 17.6 Å². The van der Waals surface area contributed by atoms with Crippen molar-refractivity contribution in [2.24, 2.45) is 5.92 Å². The van der Waals surface area contributed by atoms with Gasteiger partial charge >= 0.3 is 0 Å². The van der Waals surface area contributed by atoms with Crippen LogP contribution in [0.4, 0.5) is 11.4 Å². The Morgan fingerprint density at radius 3 is 2.71 bits per heavy atom. The van der Waals surface area contributed by atoms with Gasteiger partial charge in [-0.25, -0.2) is 0 Å². The van der Waals surface area contributed by atoms with Gasteiger partial charge in [-0.3, -0.25) is 4.98 Å². The first-order chi connectivity index (χ1) is 6.61. The summed E-state index contributed by atoms with van der Waals surface area (Å²) in [7, 11) is 4.08. The molecule has 1 heterocycles. The van der Waals surface area contributed by atoms with Crippen molar-refractivity contribution in [1.82, 2.24) is 4.98 Å². The lowest BCUT2D eigenvalue weighted by Crippen LogP contribution is -2.14. The molecule has 0 radical (unpaired) electrons. The first kappa shape index (κ1) is 10.8. The van der Waals surface area contributed by atoms with E-state index in [-0.39, 0.29) is 0 Å². The van der Waals surface area contributed by atoms with Gasteiger partial charge in [0.2, 0.25) is 0 Å². The van der Waals surface area contributed by atoms with E-state index in [1.54, 1.807) is 0 Å². The zero-order chi connectivity index (χ0) is 10.6. The summed E-state index contributed by atoms with van der Waals surface area (Å²) >= 11 is 0. The molecule has 14 heavy (non-hydrogen) atoms. The van der Waals surface area contributed by atoms with Crippen molar-refractivity contribution in [3.63, 3.8) is 0 Å². The second kappa shape index (κ2) is 4.84. The summed E-state index contributed by atoms with van der Waals surface area (Å²) in [5, 5.41) is 3.39. The highest BCUT2D eigenvalue weighted by molar-refractivity contribution is 5.67. The summed E-state index contributed by atoms with van der Waals surface area (Å²) in [5.74, 6) is 0.644. The molecular formula is C11H19N3. The standard InChI is InChI=1S/C11H19N3/c1-9(2)7-13-10-8-12-6-5-11(10)14(3)4/h5-6,8-9,13H,7H2,1-4H3. The lowest BCUT2D eigenvalue weighted by Gasteiger charge is -2.18. The van der Waals surface area contributed by atoms with Gasteiger partial charge in [-0.15, -0.1) is 0 Å². The number of hydrogen-bond acceptors (Lipinski definition) is 3. The molecule has 3 heteroatoms. The van der Waals surface area contributed by atoms with E-state index in [4.69, 9.17) is 0 Å². The van der Waals surface area contributed by atoms with Gasteiger partial charge in [0, 0.05) is 26.8 Å². The summed E-state index contributed by atoms with van der Waals surface area (Å²) in [6, 6.07) is 2.02. The molecule has 0 aromatic carbocycles. The van der Waals surface area contributed by atoms with Crippen LogP contribution >= 0.6 is 0 Å². The number of pyridine rings is 1. The summed E-state index contributed by atoms with van der Waals surface area (Å²) < 4.78 is 0. The Balaban J connectivity index is 2.74. The molecule has 0 aliphatic rings. The molecule has 0 aliphatic heterocycles. The first-order valence-electron chi connectivity index (χ1n) is 4.96. The summed E-state index contributed by atoms with van der Waals surface area (Å²) in [4.78, 5) is 6.20. The van der Waals surface area contributed by atoms with Gasteiger partial charge < -0.3 is 10.2 Å². The van der Waals surface area contributed by atoms with E-state index in [9.17, 15) is 0 Å². The summed E-state index contributed by atoms with van der Waals surface area (Å²) in [5.41, 5.74) is 2.28. The Labute approximate surface area is 86.2 Å². The fourth-order valence-electron chi connectivity index (χ4n) is 1.23. The second-order valence-corrected chi connectivity index (χ2v) is 4.06. The molecule has 0 amide bonds. The minimum Gasteiger partial charge on any atom is -0.382 e. The Morgan fingerprint density at radius 2 is 2.14 bits per heavy atom. The average molecular weight is 193 g/mol. The van der Waals surface area contributed by atoms with Crippen LogP contribution in [0.3, 0.4) is 0 Å². The molecule has 1 N–H and O–H groups in total. The smallest absolute Gasteiger partial charge is 0.0764 e.